The van der Waals surface area contributed by atoms with Crippen LogP contribution >= 0.6 is 0 Å². The second kappa shape index (κ2) is 8.01. The van der Waals surface area contributed by atoms with Crippen LogP contribution in [0.5, 0.6) is 11.5 Å². The van der Waals surface area contributed by atoms with Crippen LogP contribution < -0.4 is 14.4 Å². The van der Waals surface area contributed by atoms with Crippen molar-refractivity contribution in [3.63, 3.8) is 0 Å². The zero-order valence-corrected chi connectivity index (χ0v) is 15.8. The van der Waals surface area contributed by atoms with Crippen molar-refractivity contribution in [3.05, 3.63) is 59.7 Å². The number of hydrogen-bond acceptors (Lipinski definition) is 3. The number of fused-ring (bicyclic) bond motifs is 1. The summed E-state index contributed by atoms with van der Waals surface area (Å²) in [4.78, 5) is 16.6. The minimum Gasteiger partial charge on any atom is -0.454 e. The number of rotatable bonds is 5. The van der Waals surface area contributed by atoms with Crippen LogP contribution in [0.3, 0.4) is 0 Å². The first-order valence-electron chi connectivity index (χ1n) is 9.80. The highest BCUT2D eigenvalue weighted by molar-refractivity contribution is 5.83. The van der Waals surface area contributed by atoms with Crippen LogP contribution in [0.1, 0.15) is 30.4 Å². The van der Waals surface area contributed by atoms with Gasteiger partial charge >= 0.3 is 0 Å². The van der Waals surface area contributed by atoms with Gasteiger partial charge in [-0.25, -0.2) is 0 Å². The maximum Gasteiger partial charge on any atom is 0.231 e. The van der Waals surface area contributed by atoms with E-state index in [0.29, 0.717) is 6.79 Å². The third kappa shape index (κ3) is 3.93. The number of carbonyl (C=O) groups is 1. The summed E-state index contributed by atoms with van der Waals surface area (Å²) < 4.78 is 10.9. The third-order valence-corrected chi connectivity index (χ3v) is 5.58. The Morgan fingerprint density at radius 3 is 2.56 bits per heavy atom. The lowest BCUT2D eigenvalue weighted by Gasteiger charge is -2.34. The Morgan fingerprint density at radius 2 is 1.81 bits per heavy atom. The smallest absolute Gasteiger partial charge is 0.231 e. The van der Waals surface area contributed by atoms with Crippen molar-refractivity contribution in [1.29, 1.82) is 0 Å². The zero-order chi connectivity index (χ0) is 18.6. The van der Waals surface area contributed by atoms with Gasteiger partial charge in [0, 0.05) is 5.56 Å². The van der Waals surface area contributed by atoms with E-state index in [4.69, 9.17) is 9.47 Å². The van der Waals surface area contributed by atoms with E-state index in [0.717, 1.165) is 56.2 Å². The molecule has 0 radical (unpaired) electrons. The molecule has 0 aliphatic carbocycles. The summed E-state index contributed by atoms with van der Waals surface area (Å²) in [5.74, 6) is 1.91. The number of nitrogens with zero attached hydrogens (tertiary/aromatic N) is 1. The minimum absolute atomic E-state index is 0.0263. The van der Waals surface area contributed by atoms with Crippen molar-refractivity contribution in [2.75, 3.05) is 33.0 Å². The Kier molecular flexibility index (Phi) is 5.30. The van der Waals surface area contributed by atoms with Crippen LogP contribution in [0.4, 0.5) is 0 Å². The van der Waals surface area contributed by atoms with Crippen LogP contribution in [0.15, 0.2) is 48.5 Å². The van der Waals surface area contributed by atoms with Crippen LogP contribution in [0.25, 0.3) is 0 Å². The van der Waals surface area contributed by atoms with Crippen molar-refractivity contribution >= 4 is 5.91 Å². The Labute approximate surface area is 160 Å². The van der Waals surface area contributed by atoms with Crippen molar-refractivity contribution in [1.82, 2.24) is 4.90 Å². The van der Waals surface area contributed by atoms with E-state index in [1.807, 2.05) is 29.2 Å². The molecule has 142 valence electrons. The number of piperazine rings is 1. The van der Waals surface area contributed by atoms with E-state index in [1.54, 1.807) is 0 Å². The molecule has 4 rings (SSSR count). The first kappa shape index (κ1) is 17.9. The first-order chi connectivity index (χ1) is 13.2. The molecule has 27 heavy (non-hydrogen) atoms. The normalized spacial score (nSPS) is 17.7. The van der Waals surface area contributed by atoms with Crippen molar-refractivity contribution in [2.45, 2.75) is 25.8 Å². The summed E-state index contributed by atoms with van der Waals surface area (Å²) >= 11 is 0. The maximum absolute atomic E-state index is 13.0. The van der Waals surface area contributed by atoms with Gasteiger partial charge in [-0.1, -0.05) is 37.3 Å². The molecule has 5 nitrogen and oxygen atoms in total. The molecule has 1 saturated heterocycles. The minimum atomic E-state index is -0.0263. The van der Waals surface area contributed by atoms with Crippen molar-refractivity contribution in [3.8, 4) is 11.5 Å². The topological polar surface area (TPSA) is 43.2 Å². The fourth-order valence-corrected chi connectivity index (χ4v) is 4.02. The van der Waals surface area contributed by atoms with Gasteiger partial charge in [0.05, 0.1) is 32.1 Å². The quantitative estimate of drug-likeness (QED) is 0.877. The van der Waals surface area contributed by atoms with Crippen LogP contribution in [0, 0.1) is 0 Å². The van der Waals surface area contributed by atoms with E-state index in [-0.39, 0.29) is 11.8 Å². The largest absolute Gasteiger partial charge is 0.454 e. The van der Waals surface area contributed by atoms with Gasteiger partial charge in [0.15, 0.2) is 11.5 Å². The number of quaternary nitrogens is 1. The van der Waals surface area contributed by atoms with Gasteiger partial charge in [-0.3, -0.25) is 4.79 Å². The van der Waals surface area contributed by atoms with Crippen LogP contribution in [-0.2, 0) is 11.3 Å². The highest BCUT2D eigenvalue weighted by atomic mass is 16.7. The van der Waals surface area contributed by atoms with E-state index >= 15 is 0 Å². The molecule has 0 spiro atoms. The number of benzene rings is 2. The fourth-order valence-electron chi connectivity index (χ4n) is 4.02. The lowest BCUT2D eigenvalue weighted by molar-refractivity contribution is -0.917. The summed E-state index contributed by atoms with van der Waals surface area (Å²) in [5, 5.41) is 0. The molecule has 1 N–H and O–H groups in total. The molecule has 2 aromatic carbocycles. The molecule has 0 saturated carbocycles. The molecule has 2 aromatic rings. The second-order valence-corrected chi connectivity index (χ2v) is 7.31. The zero-order valence-electron chi connectivity index (χ0n) is 15.8. The second-order valence-electron chi connectivity index (χ2n) is 7.31. The lowest BCUT2D eigenvalue weighted by atomic mass is 9.95. The SMILES string of the molecule is CCC(C(=O)N1CC[NH+](Cc2ccc3c(c2)OCO3)CC1)c1ccccc1. The predicted molar refractivity (Wildman–Crippen MR) is 103 cm³/mol. The van der Waals surface area contributed by atoms with Gasteiger partial charge in [0.2, 0.25) is 12.7 Å². The van der Waals surface area contributed by atoms with Gasteiger partial charge in [-0.2, -0.15) is 0 Å². The monoisotopic (exact) mass is 367 g/mol. The third-order valence-electron chi connectivity index (χ3n) is 5.58. The van der Waals surface area contributed by atoms with Crippen LogP contribution in [-0.4, -0.2) is 43.8 Å². The van der Waals surface area contributed by atoms with Gasteiger partial charge in [-0.15, -0.1) is 0 Å². The average molecular weight is 367 g/mol. The Morgan fingerprint density at radius 1 is 1.07 bits per heavy atom. The molecule has 2 heterocycles. The highest BCUT2D eigenvalue weighted by Gasteiger charge is 2.29. The van der Waals surface area contributed by atoms with Gasteiger partial charge in [-0.05, 0) is 30.2 Å². The predicted octanol–water partition coefficient (Wildman–Crippen LogP) is 1.84. The molecule has 1 atom stereocenters. The molecular weight excluding hydrogens is 340 g/mol. The average Bonchev–Trinajstić information content (AvgIpc) is 3.18. The number of hydrogen-bond donors (Lipinski definition) is 1. The van der Waals surface area contributed by atoms with Gasteiger partial charge < -0.3 is 19.3 Å². The van der Waals surface area contributed by atoms with E-state index < -0.39 is 0 Å². The molecule has 2 aliphatic rings. The molecule has 0 bridgehead atoms. The molecule has 0 aromatic heterocycles. The molecule has 2 aliphatic heterocycles. The summed E-state index contributed by atoms with van der Waals surface area (Å²) in [6.07, 6.45) is 0.840. The Bertz CT molecular complexity index is 785. The fraction of sp³-hybridized carbons (Fsp3) is 0.409. The number of amides is 1. The number of nitrogens with one attached hydrogen (secondary N) is 1. The maximum atomic E-state index is 13.0. The molecule has 1 fully saturated rings. The van der Waals surface area contributed by atoms with E-state index in [9.17, 15) is 4.79 Å². The Balaban J connectivity index is 1.34. The first-order valence-corrected chi connectivity index (χ1v) is 9.80. The summed E-state index contributed by atoms with van der Waals surface area (Å²) in [5.41, 5.74) is 2.38. The van der Waals surface area contributed by atoms with Crippen molar-refractivity contribution < 1.29 is 19.2 Å². The van der Waals surface area contributed by atoms with Gasteiger partial charge in [0.1, 0.15) is 6.54 Å². The Hall–Kier alpha value is -2.53. The summed E-state index contributed by atoms with van der Waals surface area (Å²) in [7, 11) is 0. The van der Waals surface area contributed by atoms with E-state index in [1.165, 1.54) is 10.5 Å². The molecule has 1 unspecified atom stereocenters. The summed E-state index contributed by atoms with van der Waals surface area (Å²) in [6, 6.07) is 16.3. The molecule has 5 heteroatoms. The molecular formula is C22H27N2O3+. The number of carbonyl (C=O) groups excluding carboxylic acids is 1. The van der Waals surface area contributed by atoms with E-state index in [2.05, 4.69) is 31.2 Å². The standard InChI is InChI=1S/C22H26N2O3/c1-2-19(18-6-4-3-5-7-18)22(25)24-12-10-23(11-13-24)15-17-8-9-20-21(14-17)27-16-26-20/h3-9,14,19H,2,10-13,15-16H2,1H3/p+1. The van der Waals surface area contributed by atoms with Gasteiger partial charge in [0.25, 0.3) is 0 Å². The summed E-state index contributed by atoms with van der Waals surface area (Å²) in [6.45, 7) is 6.96. The number of ether oxygens (including phenoxy) is 2. The molecule has 1 amide bonds. The van der Waals surface area contributed by atoms with Crippen molar-refractivity contribution in [2.24, 2.45) is 0 Å². The van der Waals surface area contributed by atoms with Crippen LogP contribution in [0.2, 0.25) is 0 Å². The lowest BCUT2D eigenvalue weighted by Crippen LogP contribution is -3.13. The highest BCUT2D eigenvalue weighted by Crippen LogP contribution is 2.32.